The van der Waals surface area contributed by atoms with Crippen LogP contribution in [0.5, 0.6) is 0 Å². The Balaban J connectivity index is 1.41. The summed E-state index contributed by atoms with van der Waals surface area (Å²) in [5, 5.41) is 19.9. The summed E-state index contributed by atoms with van der Waals surface area (Å²) in [7, 11) is 0. The molecule has 4 rings (SSSR count). The van der Waals surface area contributed by atoms with Crippen molar-refractivity contribution in [3.05, 3.63) is 23.3 Å². The highest BCUT2D eigenvalue weighted by Gasteiger charge is 2.51. The molecule has 0 amide bonds. The largest absolute Gasteiger partial charge is 0.393 e. The van der Waals surface area contributed by atoms with Crippen LogP contribution in [-0.2, 0) is 0 Å². The average molecular weight is 438 g/mol. The van der Waals surface area contributed by atoms with Crippen LogP contribution in [0.3, 0.4) is 0 Å². The molecule has 1 saturated heterocycles. The third-order valence-electron chi connectivity index (χ3n) is 9.01. The Labute approximate surface area is 186 Å². The SMILES string of the molecule is C[C@@H](CN1CC[C@@H](C(F)F)C1)[C@H]1CC[C@H]2C(=CC=C3C[C@@H](O)C[C@@H](O)C3)CCC[C@]12C. The quantitative estimate of drug-likeness (QED) is 0.623. The smallest absolute Gasteiger partial charge is 0.242 e. The zero-order valence-corrected chi connectivity index (χ0v) is 19.3. The van der Waals surface area contributed by atoms with Crippen molar-refractivity contribution in [3.63, 3.8) is 0 Å². The molecular formula is C26H41F2NO2. The number of likely N-dealkylation sites (tertiary alicyclic amines) is 1. The van der Waals surface area contributed by atoms with Crippen molar-refractivity contribution in [1.82, 2.24) is 4.90 Å². The van der Waals surface area contributed by atoms with Gasteiger partial charge < -0.3 is 15.1 Å². The number of fused-ring (bicyclic) bond motifs is 1. The summed E-state index contributed by atoms with van der Waals surface area (Å²) < 4.78 is 26.1. The van der Waals surface area contributed by atoms with E-state index in [2.05, 4.69) is 30.9 Å². The molecule has 176 valence electrons. The summed E-state index contributed by atoms with van der Waals surface area (Å²) in [6, 6.07) is 0. The van der Waals surface area contributed by atoms with E-state index in [0.717, 1.165) is 25.1 Å². The molecule has 1 heterocycles. The highest BCUT2D eigenvalue weighted by Crippen LogP contribution is 2.59. The lowest BCUT2D eigenvalue weighted by Gasteiger charge is -2.45. The van der Waals surface area contributed by atoms with E-state index in [1.807, 2.05) is 0 Å². The number of alkyl halides is 2. The van der Waals surface area contributed by atoms with Crippen molar-refractivity contribution in [2.75, 3.05) is 19.6 Å². The van der Waals surface area contributed by atoms with Crippen molar-refractivity contribution >= 4 is 0 Å². The molecule has 4 fully saturated rings. The summed E-state index contributed by atoms with van der Waals surface area (Å²) in [4.78, 5) is 2.28. The van der Waals surface area contributed by atoms with Crippen LogP contribution in [0.25, 0.3) is 0 Å². The highest BCUT2D eigenvalue weighted by molar-refractivity contribution is 5.26. The van der Waals surface area contributed by atoms with E-state index in [1.54, 1.807) is 5.57 Å². The van der Waals surface area contributed by atoms with Crippen LogP contribution in [0.4, 0.5) is 8.78 Å². The van der Waals surface area contributed by atoms with E-state index < -0.39 is 24.6 Å². The van der Waals surface area contributed by atoms with Gasteiger partial charge in [-0.2, -0.15) is 0 Å². The van der Waals surface area contributed by atoms with Crippen molar-refractivity contribution in [3.8, 4) is 0 Å². The maximum Gasteiger partial charge on any atom is 0.242 e. The van der Waals surface area contributed by atoms with Gasteiger partial charge >= 0.3 is 0 Å². The van der Waals surface area contributed by atoms with Gasteiger partial charge in [0.25, 0.3) is 0 Å². The fourth-order valence-electron chi connectivity index (χ4n) is 7.51. The molecule has 0 radical (unpaired) electrons. The fourth-order valence-corrected chi connectivity index (χ4v) is 7.51. The Kier molecular flexibility index (Phi) is 7.24. The Morgan fingerprint density at radius 3 is 2.55 bits per heavy atom. The standard InChI is InChI=1S/C26H41F2NO2/c1-17(15-29-11-9-20(16-29)25(27)28)23-7-8-24-19(4-3-10-26(23,24)2)6-5-18-12-21(30)14-22(31)13-18/h5-6,17,20-25,30-31H,3-4,7-16H2,1-2H3/t17-,20+,21-,22+,23+,24-,26+/m0/s1. The van der Waals surface area contributed by atoms with E-state index in [1.165, 1.54) is 25.7 Å². The van der Waals surface area contributed by atoms with Crippen LogP contribution >= 0.6 is 0 Å². The molecule has 3 aliphatic carbocycles. The zero-order valence-electron chi connectivity index (χ0n) is 19.3. The van der Waals surface area contributed by atoms with Crippen LogP contribution in [0.15, 0.2) is 23.3 Å². The van der Waals surface area contributed by atoms with E-state index in [9.17, 15) is 19.0 Å². The molecule has 0 aromatic carbocycles. The second kappa shape index (κ2) is 9.61. The van der Waals surface area contributed by atoms with Gasteiger partial charge in [0, 0.05) is 19.0 Å². The van der Waals surface area contributed by atoms with Crippen LogP contribution < -0.4 is 0 Å². The van der Waals surface area contributed by atoms with E-state index in [0.29, 0.717) is 55.4 Å². The molecule has 7 atom stereocenters. The van der Waals surface area contributed by atoms with Gasteiger partial charge in [0.1, 0.15) is 0 Å². The van der Waals surface area contributed by atoms with Crippen molar-refractivity contribution < 1.29 is 19.0 Å². The number of nitrogens with zero attached hydrogens (tertiary/aromatic N) is 1. The molecule has 0 aromatic rings. The lowest BCUT2D eigenvalue weighted by molar-refractivity contribution is 0.0609. The first-order chi connectivity index (χ1) is 14.8. The molecular weight excluding hydrogens is 396 g/mol. The van der Waals surface area contributed by atoms with E-state index in [-0.39, 0.29) is 0 Å². The van der Waals surface area contributed by atoms with Crippen LogP contribution in [0, 0.1) is 29.1 Å². The molecule has 0 unspecified atom stereocenters. The lowest BCUT2D eigenvalue weighted by atomic mass is 9.61. The molecule has 0 aromatic heterocycles. The molecule has 3 saturated carbocycles. The van der Waals surface area contributed by atoms with Gasteiger partial charge in [-0.1, -0.05) is 37.1 Å². The Bertz CT molecular complexity index is 681. The second-order valence-corrected chi connectivity index (χ2v) is 11.2. The van der Waals surface area contributed by atoms with Crippen LogP contribution in [0.1, 0.15) is 71.6 Å². The van der Waals surface area contributed by atoms with Crippen molar-refractivity contribution in [2.24, 2.45) is 29.1 Å². The number of allylic oxidation sites excluding steroid dienone is 3. The van der Waals surface area contributed by atoms with Gasteiger partial charge in [-0.3, -0.25) is 0 Å². The lowest BCUT2D eigenvalue weighted by Crippen LogP contribution is -2.39. The normalized spacial score (nSPS) is 43.1. The summed E-state index contributed by atoms with van der Waals surface area (Å²) in [5.41, 5.74) is 3.01. The molecule has 2 N–H and O–H groups in total. The fraction of sp³-hybridized carbons (Fsp3) is 0.846. The first-order valence-electron chi connectivity index (χ1n) is 12.5. The predicted octanol–water partition coefficient (Wildman–Crippen LogP) is 5.18. The average Bonchev–Trinajstić information content (AvgIpc) is 3.29. The number of aliphatic hydroxyl groups is 2. The molecule has 31 heavy (non-hydrogen) atoms. The first kappa shape index (κ1) is 23.4. The minimum atomic E-state index is -2.18. The number of halogens is 2. The second-order valence-electron chi connectivity index (χ2n) is 11.2. The maximum absolute atomic E-state index is 13.1. The van der Waals surface area contributed by atoms with Crippen LogP contribution in [-0.4, -0.2) is 53.4 Å². The number of hydrogen-bond acceptors (Lipinski definition) is 3. The topological polar surface area (TPSA) is 43.7 Å². The van der Waals surface area contributed by atoms with Gasteiger partial charge in [0.15, 0.2) is 0 Å². The zero-order chi connectivity index (χ0) is 22.2. The third-order valence-corrected chi connectivity index (χ3v) is 9.01. The Morgan fingerprint density at radius 1 is 1.13 bits per heavy atom. The summed E-state index contributed by atoms with van der Waals surface area (Å²) in [6.07, 6.45) is 10.0. The van der Waals surface area contributed by atoms with Gasteiger partial charge in [-0.15, -0.1) is 0 Å². The van der Waals surface area contributed by atoms with Gasteiger partial charge in [0.05, 0.1) is 12.2 Å². The number of hydrogen-bond donors (Lipinski definition) is 2. The minimum absolute atomic E-state index is 0.301. The summed E-state index contributed by atoms with van der Waals surface area (Å²) >= 11 is 0. The van der Waals surface area contributed by atoms with Gasteiger partial charge in [0.2, 0.25) is 6.43 Å². The summed E-state index contributed by atoms with van der Waals surface area (Å²) in [6.45, 7) is 7.16. The van der Waals surface area contributed by atoms with Crippen LogP contribution in [0.2, 0.25) is 0 Å². The Morgan fingerprint density at radius 2 is 1.87 bits per heavy atom. The first-order valence-corrected chi connectivity index (χ1v) is 12.5. The van der Waals surface area contributed by atoms with E-state index >= 15 is 0 Å². The molecule has 3 nitrogen and oxygen atoms in total. The minimum Gasteiger partial charge on any atom is -0.393 e. The molecule has 5 heteroatoms. The number of rotatable bonds is 5. The third kappa shape index (κ3) is 5.09. The predicted molar refractivity (Wildman–Crippen MR) is 120 cm³/mol. The molecule has 0 bridgehead atoms. The Hall–Kier alpha value is -0.780. The molecule has 1 aliphatic heterocycles. The monoisotopic (exact) mass is 437 g/mol. The van der Waals surface area contributed by atoms with Crippen molar-refractivity contribution in [2.45, 2.75) is 90.3 Å². The maximum atomic E-state index is 13.1. The van der Waals surface area contributed by atoms with Gasteiger partial charge in [-0.25, -0.2) is 8.78 Å². The highest BCUT2D eigenvalue weighted by atomic mass is 19.3. The van der Waals surface area contributed by atoms with Crippen molar-refractivity contribution in [1.29, 1.82) is 0 Å². The molecule has 4 aliphatic rings. The van der Waals surface area contributed by atoms with E-state index in [4.69, 9.17) is 0 Å². The van der Waals surface area contributed by atoms with Gasteiger partial charge in [-0.05, 0) is 87.5 Å². The number of aliphatic hydroxyl groups excluding tert-OH is 2. The molecule has 0 spiro atoms. The summed E-state index contributed by atoms with van der Waals surface area (Å²) in [5.74, 6) is 1.36.